The van der Waals surface area contributed by atoms with Gasteiger partial charge in [-0.3, -0.25) is 9.59 Å². The number of hydrogen-bond acceptors (Lipinski definition) is 4. The van der Waals surface area contributed by atoms with E-state index in [0.29, 0.717) is 16.7 Å². The van der Waals surface area contributed by atoms with E-state index in [9.17, 15) is 14.4 Å². The van der Waals surface area contributed by atoms with Crippen molar-refractivity contribution in [1.29, 1.82) is 0 Å². The van der Waals surface area contributed by atoms with Crippen molar-refractivity contribution in [3.05, 3.63) is 76.5 Å². The number of hydrogen-bond donors (Lipinski definition) is 1. The maximum Gasteiger partial charge on any atom is 0.355 e. The Hall–Kier alpha value is -3.47. The highest BCUT2D eigenvalue weighted by molar-refractivity contribution is 6.41. The number of Topliss-reactive ketones (excluding diaryl/α,β-unsaturated/α-hetero) is 2. The molecule has 0 fully saturated rings. The fourth-order valence-electron chi connectivity index (χ4n) is 3.12. The molecule has 0 radical (unpaired) electrons. The molecular weight excluding hydrogens is 318 g/mol. The number of nitrogens with one attached hydrogen (secondary N) is 1. The minimum absolute atomic E-state index is 0.0520. The van der Waals surface area contributed by atoms with Gasteiger partial charge < -0.3 is 9.72 Å². The highest BCUT2D eigenvalue weighted by atomic mass is 16.5. The number of allylic oxidation sites excluding steroid dienone is 1. The Bertz CT molecular complexity index is 1050. The molecule has 1 heterocycles. The van der Waals surface area contributed by atoms with Gasteiger partial charge in [-0.15, -0.1) is 0 Å². The number of fused-ring (bicyclic) bond motifs is 2. The molecule has 25 heavy (non-hydrogen) atoms. The van der Waals surface area contributed by atoms with Gasteiger partial charge in [0, 0.05) is 27.6 Å². The molecule has 5 heteroatoms. The molecule has 0 aliphatic heterocycles. The summed E-state index contributed by atoms with van der Waals surface area (Å²) in [4.78, 5) is 40.3. The van der Waals surface area contributed by atoms with Crippen molar-refractivity contribution < 1.29 is 19.1 Å². The fraction of sp³-hybridized carbons (Fsp3) is 0.0500. The van der Waals surface area contributed by atoms with Crippen LogP contribution >= 0.6 is 0 Å². The number of ether oxygens (including phenoxy) is 1. The number of carbonyl (C=O) groups excluding carboxylic acids is 3. The summed E-state index contributed by atoms with van der Waals surface area (Å²) in [5.41, 5.74) is 2.25. The number of ketones is 2. The molecular formula is C20H13NO4. The van der Waals surface area contributed by atoms with E-state index in [1.807, 2.05) is 24.3 Å². The van der Waals surface area contributed by atoms with Crippen molar-refractivity contribution in [2.24, 2.45) is 0 Å². The summed E-state index contributed by atoms with van der Waals surface area (Å²) in [5.74, 6) is -1.22. The van der Waals surface area contributed by atoms with Crippen LogP contribution in [0.5, 0.6) is 0 Å². The number of methoxy groups -OCH3 is 1. The molecule has 5 nitrogen and oxygen atoms in total. The maximum absolute atomic E-state index is 12.6. The first-order valence-corrected chi connectivity index (χ1v) is 7.71. The molecule has 0 bridgehead atoms. The number of carbonyl (C=O) groups is 3. The van der Waals surface area contributed by atoms with Gasteiger partial charge in [0.1, 0.15) is 5.69 Å². The summed E-state index contributed by atoms with van der Waals surface area (Å²) >= 11 is 0. The van der Waals surface area contributed by atoms with Gasteiger partial charge in [-0.1, -0.05) is 42.5 Å². The number of aromatic amines is 1. The topological polar surface area (TPSA) is 76.2 Å². The minimum Gasteiger partial charge on any atom is -0.464 e. The zero-order chi connectivity index (χ0) is 17.6. The standard InChI is InChI=1S/C20H13NO4/c1-25-20(24)17-14(11-6-4-5-9-16(11)21-17)10-15-18(22)12-7-2-3-8-13(12)19(15)23/h2-10,21H,1H3. The van der Waals surface area contributed by atoms with Gasteiger partial charge in [-0.05, 0) is 12.1 Å². The van der Waals surface area contributed by atoms with Crippen molar-refractivity contribution in [1.82, 2.24) is 4.98 Å². The van der Waals surface area contributed by atoms with E-state index in [0.717, 1.165) is 10.9 Å². The average Bonchev–Trinajstić information content (AvgIpc) is 3.13. The van der Waals surface area contributed by atoms with E-state index in [1.54, 1.807) is 24.3 Å². The molecule has 0 saturated carbocycles. The first kappa shape index (κ1) is 15.1. The van der Waals surface area contributed by atoms with E-state index in [4.69, 9.17) is 4.74 Å². The van der Waals surface area contributed by atoms with Gasteiger partial charge in [0.15, 0.2) is 11.6 Å². The molecule has 122 valence electrons. The van der Waals surface area contributed by atoms with Crippen LogP contribution in [0.1, 0.15) is 36.8 Å². The Morgan fingerprint density at radius 2 is 1.56 bits per heavy atom. The van der Waals surface area contributed by atoms with Gasteiger partial charge in [0.2, 0.25) is 0 Å². The number of benzene rings is 2. The number of H-pyrrole nitrogens is 1. The molecule has 0 saturated heterocycles. The van der Waals surface area contributed by atoms with Crippen LogP contribution in [0, 0.1) is 0 Å². The lowest BCUT2D eigenvalue weighted by Gasteiger charge is -2.00. The van der Waals surface area contributed by atoms with Crippen molar-refractivity contribution in [3.8, 4) is 0 Å². The molecule has 3 aromatic rings. The molecule has 0 amide bonds. The van der Waals surface area contributed by atoms with E-state index in [-0.39, 0.29) is 22.8 Å². The normalized spacial score (nSPS) is 13.2. The first-order valence-electron chi connectivity index (χ1n) is 7.71. The Labute approximate surface area is 142 Å². The van der Waals surface area contributed by atoms with E-state index in [2.05, 4.69) is 4.98 Å². The summed E-state index contributed by atoms with van der Waals surface area (Å²) in [5, 5.41) is 0.743. The van der Waals surface area contributed by atoms with Crippen LogP contribution in [0.2, 0.25) is 0 Å². The smallest absolute Gasteiger partial charge is 0.355 e. The van der Waals surface area contributed by atoms with Crippen LogP contribution in [0.25, 0.3) is 17.0 Å². The predicted octanol–water partition coefficient (Wildman–Crippen LogP) is 3.42. The van der Waals surface area contributed by atoms with Crippen LogP contribution in [0.3, 0.4) is 0 Å². The van der Waals surface area contributed by atoms with Gasteiger partial charge in [-0.25, -0.2) is 4.79 Å². The number of para-hydroxylation sites is 1. The quantitative estimate of drug-likeness (QED) is 0.443. The fourth-order valence-corrected chi connectivity index (χ4v) is 3.12. The van der Waals surface area contributed by atoms with Crippen molar-refractivity contribution in [2.45, 2.75) is 0 Å². The lowest BCUT2D eigenvalue weighted by molar-refractivity contribution is 0.0594. The summed E-state index contributed by atoms with van der Waals surface area (Å²) < 4.78 is 4.82. The number of aromatic nitrogens is 1. The SMILES string of the molecule is COC(=O)c1[nH]c2ccccc2c1C=C1C(=O)c2ccccc2C1=O. The molecule has 0 unspecified atom stereocenters. The van der Waals surface area contributed by atoms with Crippen LogP contribution < -0.4 is 0 Å². The zero-order valence-electron chi connectivity index (χ0n) is 13.3. The molecule has 1 N–H and O–H groups in total. The third kappa shape index (κ3) is 2.21. The van der Waals surface area contributed by atoms with Crippen molar-refractivity contribution in [2.75, 3.05) is 7.11 Å². The van der Waals surface area contributed by atoms with Crippen LogP contribution in [-0.2, 0) is 4.74 Å². The molecule has 0 atom stereocenters. The highest BCUT2D eigenvalue weighted by Gasteiger charge is 2.33. The number of esters is 1. The van der Waals surface area contributed by atoms with Crippen molar-refractivity contribution in [3.63, 3.8) is 0 Å². The van der Waals surface area contributed by atoms with E-state index >= 15 is 0 Å². The molecule has 4 rings (SSSR count). The van der Waals surface area contributed by atoms with Gasteiger partial charge in [-0.2, -0.15) is 0 Å². The minimum atomic E-state index is -0.557. The van der Waals surface area contributed by atoms with Gasteiger partial charge in [0.05, 0.1) is 12.7 Å². The van der Waals surface area contributed by atoms with E-state index in [1.165, 1.54) is 13.2 Å². The Balaban J connectivity index is 1.95. The second-order valence-electron chi connectivity index (χ2n) is 5.71. The van der Waals surface area contributed by atoms with Crippen LogP contribution in [0.15, 0.2) is 54.1 Å². The third-order valence-corrected chi connectivity index (χ3v) is 4.33. The first-order chi connectivity index (χ1) is 12.1. The summed E-state index contributed by atoms with van der Waals surface area (Å²) in [6.45, 7) is 0. The third-order valence-electron chi connectivity index (χ3n) is 4.33. The summed E-state index contributed by atoms with van der Waals surface area (Å²) in [7, 11) is 1.28. The van der Waals surface area contributed by atoms with Crippen molar-refractivity contribution >= 4 is 34.5 Å². The molecule has 0 spiro atoms. The van der Waals surface area contributed by atoms with Gasteiger partial charge in [0.25, 0.3) is 0 Å². The van der Waals surface area contributed by atoms with Crippen LogP contribution in [-0.4, -0.2) is 29.6 Å². The highest BCUT2D eigenvalue weighted by Crippen LogP contribution is 2.31. The molecule has 1 aliphatic rings. The van der Waals surface area contributed by atoms with E-state index < -0.39 is 5.97 Å². The second-order valence-corrected chi connectivity index (χ2v) is 5.71. The Morgan fingerprint density at radius 1 is 0.960 bits per heavy atom. The van der Waals surface area contributed by atoms with Crippen LogP contribution in [0.4, 0.5) is 0 Å². The predicted molar refractivity (Wildman–Crippen MR) is 92.7 cm³/mol. The monoisotopic (exact) mass is 331 g/mol. The molecule has 1 aliphatic carbocycles. The molecule has 1 aromatic heterocycles. The Morgan fingerprint density at radius 3 is 2.20 bits per heavy atom. The largest absolute Gasteiger partial charge is 0.464 e. The second kappa shape index (κ2) is 5.56. The molecule has 2 aromatic carbocycles. The lowest BCUT2D eigenvalue weighted by Crippen LogP contribution is -2.05. The lowest BCUT2D eigenvalue weighted by atomic mass is 10.0. The zero-order valence-corrected chi connectivity index (χ0v) is 13.3. The average molecular weight is 331 g/mol. The Kier molecular flexibility index (Phi) is 3.35. The summed E-state index contributed by atoms with van der Waals surface area (Å²) in [6.07, 6.45) is 1.48. The summed E-state index contributed by atoms with van der Waals surface area (Å²) in [6, 6.07) is 14.0. The maximum atomic E-state index is 12.6. The van der Waals surface area contributed by atoms with Gasteiger partial charge >= 0.3 is 5.97 Å². The number of rotatable bonds is 2.